The molecule has 0 amide bonds. The van der Waals surface area contributed by atoms with Crippen molar-refractivity contribution in [3.63, 3.8) is 0 Å². The first-order valence-electron chi connectivity index (χ1n) is 7.07. The van der Waals surface area contributed by atoms with Crippen molar-refractivity contribution in [3.05, 3.63) is 63.0 Å². The van der Waals surface area contributed by atoms with E-state index < -0.39 is 0 Å². The van der Waals surface area contributed by atoms with Crippen molar-refractivity contribution < 1.29 is 9.13 Å². The molecule has 1 aliphatic heterocycles. The Balaban J connectivity index is 1.81. The van der Waals surface area contributed by atoms with Crippen LogP contribution in [0.25, 0.3) is 0 Å². The Hall–Kier alpha value is -1.14. The van der Waals surface area contributed by atoms with E-state index in [1.165, 1.54) is 17.7 Å². The van der Waals surface area contributed by atoms with Crippen LogP contribution in [0.1, 0.15) is 35.9 Å². The van der Waals surface area contributed by atoms with Crippen molar-refractivity contribution >= 4 is 22.6 Å². The molecule has 0 aromatic heterocycles. The molecule has 2 unspecified atom stereocenters. The molecule has 2 nitrogen and oxygen atoms in total. The number of para-hydroxylation sites is 1. The molecule has 0 bridgehead atoms. The van der Waals surface area contributed by atoms with E-state index in [4.69, 9.17) is 10.5 Å². The molecule has 0 saturated carbocycles. The number of nitrogens with two attached hydrogens (primary N) is 1. The highest BCUT2D eigenvalue weighted by Crippen LogP contribution is 2.38. The Morgan fingerprint density at radius 2 is 2.10 bits per heavy atom. The first-order valence-corrected chi connectivity index (χ1v) is 8.15. The fourth-order valence-electron chi connectivity index (χ4n) is 2.90. The fourth-order valence-corrected chi connectivity index (χ4v) is 3.77. The van der Waals surface area contributed by atoms with Gasteiger partial charge in [0.1, 0.15) is 11.6 Å². The molecule has 2 aromatic carbocycles. The molecule has 110 valence electrons. The average molecular weight is 397 g/mol. The molecule has 0 radical (unpaired) electrons. The lowest BCUT2D eigenvalue weighted by Gasteiger charge is -2.28. The zero-order valence-corrected chi connectivity index (χ0v) is 13.7. The summed E-state index contributed by atoms with van der Waals surface area (Å²) in [7, 11) is 0. The Kier molecular flexibility index (Phi) is 4.45. The minimum absolute atomic E-state index is 0.0892. The predicted molar refractivity (Wildman–Crippen MR) is 90.0 cm³/mol. The standard InChI is InChI=1S/C17H17FINO/c18-12-5-6-14(15(19)10-12)16(20)9-11-7-8-21-17-4-2-1-3-13(11)17/h1-6,10-11,16H,7-9,20H2. The largest absolute Gasteiger partial charge is 0.493 e. The minimum Gasteiger partial charge on any atom is -0.493 e. The van der Waals surface area contributed by atoms with E-state index in [2.05, 4.69) is 28.7 Å². The van der Waals surface area contributed by atoms with Crippen LogP contribution < -0.4 is 10.5 Å². The second kappa shape index (κ2) is 6.32. The van der Waals surface area contributed by atoms with Gasteiger partial charge in [0, 0.05) is 9.61 Å². The molecule has 4 heteroatoms. The van der Waals surface area contributed by atoms with E-state index in [1.54, 1.807) is 6.07 Å². The van der Waals surface area contributed by atoms with Gasteiger partial charge < -0.3 is 10.5 Å². The number of ether oxygens (including phenoxy) is 1. The zero-order valence-electron chi connectivity index (χ0n) is 11.6. The van der Waals surface area contributed by atoms with Gasteiger partial charge in [-0.2, -0.15) is 0 Å². The third kappa shape index (κ3) is 3.21. The van der Waals surface area contributed by atoms with Gasteiger partial charge in [-0.25, -0.2) is 4.39 Å². The highest BCUT2D eigenvalue weighted by molar-refractivity contribution is 14.1. The molecular formula is C17H17FINO. The summed E-state index contributed by atoms with van der Waals surface area (Å²) in [6.07, 6.45) is 1.82. The molecule has 2 aromatic rings. The molecule has 1 heterocycles. The summed E-state index contributed by atoms with van der Waals surface area (Å²) in [6, 6.07) is 12.9. The summed E-state index contributed by atoms with van der Waals surface area (Å²) in [5, 5.41) is 0. The Morgan fingerprint density at radius 3 is 2.90 bits per heavy atom. The maximum absolute atomic E-state index is 13.2. The molecule has 21 heavy (non-hydrogen) atoms. The van der Waals surface area contributed by atoms with Crippen molar-refractivity contribution in [2.24, 2.45) is 5.73 Å². The maximum Gasteiger partial charge on any atom is 0.124 e. The maximum atomic E-state index is 13.2. The van der Waals surface area contributed by atoms with E-state index in [9.17, 15) is 4.39 Å². The van der Waals surface area contributed by atoms with Crippen LogP contribution in [0.15, 0.2) is 42.5 Å². The van der Waals surface area contributed by atoms with Crippen molar-refractivity contribution in [1.82, 2.24) is 0 Å². The van der Waals surface area contributed by atoms with Gasteiger partial charge in [0.15, 0.2) is 0 Å². The van der Waals surface area contributed by atoms with Gasteiger partial charge in [-0.15, -0.1) is 0 Å². The molecule has 2 atom stereocenters. The van der Waals surface area contributed by atoms with E-state index in [1.807, 2.05) is 18.2 Å². The van der Waals surface area contributed by atoms with Crippen molar-refractivity contribution in [3.8, 4) is 5.75 Å². The van der Waals surface area contributed by atoms with E-state index in [-0.39, 0.29) is 11.9 Å². The number of fused-ring (bicyclic) bond motifs is 1. The number of hydrogen-bond acceptors (Lipinski definition) is 2. The second-order valence-electron chi connectivity index (χ2n) is 5.38. The molecule has 0 fully saturated rings. The van der Waals surface area contributed by atoms with Crippen LogP contribution >= 0.6 is 22.6 Å². The second-order valence-corrected chi connectivity index (χ2v) is 6.54. The number of rotatable bonds is 3. The Bertz CT molecular complexity index is 646. The van der Waals surface area contributed by atoms with E-state index in [0.29, 0.717) is 5.92 Å². The molecule has 0 aliphatic carbocycles. The lowest BCUT2D eigenvalue weighted by atomic mass is 9.86. The third-order valence-electron chi connectivity index (χ3n) is 3.98. The summed E-state index contributed by atoms with van der Waals surface area (Å²) in [5.74, 6) is 1.15. The zero-order chi connectivity index (χ0) is 14.8. The topological polar surface area (TPSA) is 35.2 Å². The third-order valence-corrected chi connectivity index (χ3v) is 4.92. The van der Waals surface area contributed by atoms with Gasteiger partial charge >= 0.3 is 0 Å². The average Bonchev–Trinajstić information content (AvgIpc) is 2.47. The molecule has 1 aliphatic rings. The highest BCUT2D eigenvalue weighted by atomic mass is 127. The van der Waals surface area contributed by atoms with Gasteiger partial charge in [-0.1, -0.05) is 24.3 Å². The van der Waals surface area contributed by atoms with Gasteiger partial charge in [-0.3, -0.25) is 0 Å². The number of benzene rings is 2. The van der Waals surface area contributed by atoms with Crippen LogP contribution in [0.5, 0.6) is 5.75 Å². The lowest BCUT2D eigenvalue weighted by molar-refractivity contribution is 0.259. The van der Waals surface area contributed by atoms with E-state index in [0.717, 1.165) is 34.3 Å². The van der Waals surface area contributed by atoms with Gasteiger partial charge in [0.25, 0.3) is 0 Å². The minimum atomic E-state index is -0.216. The smallest absolute Gasteiger partial charge is 0.124 e. The quantitative estimate of drug-likeness (QED) is 0.780. The predicted octanol–water partition coefficient (Wildman–Crippen LogP) is 4.39. The van der Waals surface area contributed by atoms with Crippen molar-refractivity contribution in [2.45, 2.75) is 24.8 Å². The van der Waals surface area contributed by atoms with Crippen LogP contribution in [-0.4, -0.2) is 6.61 Å². The van der Waals surface area contributed by atoms with Crippen LogP contribution in [-0.2, 0) is 0 Å². The Labute approximate surface area is 137 Å². The number of hydrogen-bond donors (Lipinski definition) is 1. The fraction of sp³-hybridized carbons (Fsp3) is 0.294. The molecule has 0 spiro atoms. The summed E-state index contributed by atoms with van der Waals surface area (Å²) in [4.78, 5) is 0. The van der Waals surface area contributed by atoms with Gasteiger partial charge in [-0.05, 0) is 70.7 Å². The summed E-state index contributed by atoms with van der Waals surface area (Å²) in [6.45, 7) is 0.731. The van der Waals surface area contributed by atoms with Gasteiger partial charge in [0.2, 0.25) is 0 Å². The summed E-state index contributed by atoms with van der Waals surface area (Å²) in [5.41, 5.74) is 8.61. The molecule has 3 rings (SSSR count). The van der Waals surface area contributed by atoms with Crippen LogP contribution in [0.4, 0.5) is 4.39 Å². The highest BCUT2D eigenvalue weighted by Gasteiger charge is 2.24. The monoisotopic (exact) mass is 397 g/mol. The van der Waals surface area contributed by atoms with Crippen LogP contribution in [0.3, 0.4) is 0 Å². The SMILES string of the molecule is NC(CC1CCOc2ccccc21)c1ccc(F)cc1I. The van der Waals surface area contributed by atoms with Crippen molar-refractivity contribution in [1.29, 1.82) is 0 Å². The molecule has 0 saturated heterocycles. The Morgan fingerprint density at radius 1 is 1.29 bits per heavy atom. The van der Waals surface area contributed by atoms with E-state index >= 15 is 0 Å². The first kappa shape index (κ1) is 14.8. The van der Waals surface area contributed by atoms with Crippen LogP contribution in [0.2, 0.25) is 0 Å². The van der Waals surface area contributed by atoms with Crippen molar-refractivity contribution in [2.75, 3.05) is 6.61 Å². The lowest BCUT2D eigenvalue weighted by Crippen LogP contribution is -2.20. The summed E-state index contributed by atoms with van der Waals surface area (Å²) >= 11 is 2.15. The summed E-state index contributed by atoms with van der Waals surface area (Å²) < 4.78 is 19.8. The van der Waals surface area contributed by atoms with Gasteiger partial charge in [0.05, 0.1) is 6.61 Å². The number of halogens is 2. The first-order chi connectivity index (χ1) is 10.1. The van der Waals surface area contributed by atoms with Crippen LogP contribution in [0, 0.1) is 9.39 Å². The normalized spacial score (nSPS) is 18.7. The molecule has 2 N–H and O–H groups in total. The molecular weight excluding hydrogens is 380 g/mol.